The molecule has 3 heteroatoms. The van der Waals surface area contributed by atoms with Gasteiger partial charge in [-0.25, -0.2) is 8.78 Å². The predicted molar refractivity (Wildman–Crippen MR) is 60.0 cm³/mol. The van der Waals surface area contributed by atoms with Crippen molar-refractivity contribution in [1.29, 1.82) is 0 Å². The van der Waals surface area contributed by atoms with Crippen LogP contribution in [0.3, 0.4) is 0 Å². The van der Waals surface area contributed by atoms with Crippen molar-refractivity contribution in [1.82, 2.24) is 5.32 Å². The molecule has 0 bridgehead atoms. The molecular formula is C13H17F2N. The Hall–Kier alpha value is -0.960. The van der Waals surface area contributed by atoms with E-state index in [2.05, 4.69) is 5.32 Å². The van der Waals surface area contributed by atoms with Gasteiger partial charge >= 0.3 is 0 Å². The number of halogens is 2. The molecular weight excluding hydrogens is 208 g/mol. The maximum absolute atomic E-state index is 12.9. The molecule has 0 aromatic heterocycles. The summed E-state index contributed by atoms with van der Waals surface area (Å²) in [6.45, 7) is 1.50. The first-order chi connectivity index (χ1) is 7.74. The second kappa shape index (κ2) is 5.39. The van der Waals surface area contributed by atoms with Crippen LogP contribution in [0, 0.1) is 17.6 Å². The lowest BCUT2D eigenvalue weighted by Crippen LogP contribution is -2.20. The molecule has 0 radical (unpaired) electrons. The first kappa shape index (κ1) is 11.5. The van der Waals surface area contributed by atoms with Crippen molar-refractivity contribution in [2.75, 3.05) is 6.54 Å². The van der Waals surface area contributed by atoms with Gasteiger partial charge in [-0.05, 0) is 43.0 Å². The van der Waals surface area contributed by atoms with Crippen molar-refractivity contribution in [3.05, 3.63) is 35.4 Å². The molecule has 1 aromatic carbocycles. The average molecular weight is 225 g/mol. The molecule has 0 saturated heterocycles. The van der Waals surface area contributed by atoms with Crippen LogP contribution in [0.15, 0.2) is 18.2 Å². The van der Waals surface area contributed by atoms with Gasteiger partial charge in [0.25, 0.3) is 0 Å². The number of hydrogen-bond acceptors (Lipinski definition) is 1. The zero-order valence-corrected chi connectivity index (χ0v) is 9.31. The van der Waals surface area contributed by atoms with Gasteiger partial charge in [0, 0.05) is 12.6 Å². The minimum Gasteiger partial charge on any atom is -0.312 e. The summed E-state index contributed by atoms with van der Waals surface area (Å²) in [5.74, 6) is -0.256. The molecule has 2 rings (SSSR count). The third kappa shape index (κ3) is 3.27. The highest BCUT2D eigenvalue weighted by Gasteiger charge is 2.13. The zero-order valence-electron chi connectivity index (χ0n) is 9.31. The molecule has 0 spiro atoms. The van der Waals surface area contributed by atoms with Gasteiger partial charge in [0.2, 0.25) is 0 Å². The van der Waals surface area contributed by atoms with E-state index in [-0.39, 0.29) is 0 Å². The minimum absolute atomic E-state index is 0.502. The molecule has 1 aromatic rings. The van der Waals surface area contributed by atoms with E-state index in [1.165, 1.54) is 37.8 Å². The highest BCUT2D eigenvalue weighted by Crippen LogP contribution is 2.23. The molecule has 16 heavy (non-hydrogen) atoms. The molecule has 1 aliphatic rings. The van der Waals surface area contributed by atoms with Gasteiger partial charge < -0.3 is 5.32 Å². The summed E-state index contributed by atoms with van der Waals surface area (Å²) >= 11 is 0. The maximum Gasteiger partial charge on any atom is 0.126 e. The lowest BCUT2D eigenvalue weighted by Gasteiger charge is -2.10. The van der Waals surface area contributed by atoms with Gasteiger partial charge in [-0.3, -0.25) is 0 Å². The summed E-state index contributed by atoms with van der Waals surface area (Å²) in [4.78, 5) is 0. The Balaban J connectivity index is 1.80. The number of rotatable bonds is 4. The highest BCUT2D eigenvalue weighted by molar-refractivity contribution is 5.17. The zero-order chi connectivity index (χ0) is 11.4. The number of nitrogens with one attached hydrogen (secondary N) is 1. The molecule has 88 valence electrons. The van der Waals surface area contributed by atoms with Crippen LogP contribution in [0.4, 0.5) is 8.78 Å². The third-order valence-electron chi connectivity index (χ3n) is 3.16. The Morgan fingerprint density at radius 2 is 1.69 bits per heavy atom. The molecule has 0 unspecified atom stereocenters. The van der Waals surface area contributed by atoms with Crippen LogP contribution in [0.1, 0.15) is 31.2 Å². The van der Waals surface area contributed by atoms with Gasteiger partial charge in [0.05, 0.1) is 0 Å². The van der Waals surface area contributed by atoms with E-state index < -0.39 is 11.6 Å². The van der Waals surface area contributed by atoms with E-state index in [0.29, 0.717) is 12.1 Å². The van der Waals surface area contributed by atoms with E-state index >= 15 is 0 Å². The maximum atomic E-state index is 12.9. The third-order valence-corrected chi connectivity index (χ3v) is 3.16. The second-order valence-electron chi connectivity index (χ2n) is 4.56. The number of hydrogen-bond donors (Lipinski definition) is 1. The van der Waals surface area contributed by atoms with Gasteiger partial charge in [-0.2, -0.15) is 0 Å². The fourth-order valence-electron chi connectivity index (χ4n) is 2.35. The van der Waals surface area contributed by atoms with Crippen LogP contribution in [0.2, 0.25) is 0 Å². The standard InChI is InChI=1S/C13H17F2N/c14-12-5-11(6-13(15)7-12)9-16-8-10-3-1-2-4-10/h5-7,10,16H,1-4,8-9H2. The molecule has 0 aliphatic heterocycles. The summed E-state index contributed by atoms with van der Waals surface area (Å²) in [5, 5.41) is 3.26. The van der Waals surface area contributed by atoms with Crippen molar-refractivity contribution >= 4 is 0 Å². The number of benzene rings is 1. The SMILES string of the molecule is Fc1cc(F)cc(CNCC2CCCC2)c1. The second-order valence-corrected chi connectivity index (χ2v) is 4.56. The fourth-order valence-corrected chi connectivity index (χ4v) is 2.35. The van der Waals surface area contributed by atoms with Crippen LogP contribution >= 0.6 is 0 Å². The summed E-state index contributed by atoms with van der Waals surface area (Å²) in [6.07, 6.45) is 5.21. The van der Waals surface area contributed by atoms with Crippen molar-refractivity contribution in [2.45, 2.75) is 32.2 Å². The van der Waals surface area contributed by atoms with Gasteiger partial charge in [0.1, 0.15) is 11.6 Å². The van der Waals surface area contributed by atoms with Crippen LogP contribution < -0.4 is 5.32 Å². The smallest absolute Gasteiger partial charge is 0.126 e. The van der Waals surface area contributed by atoms with Gasteiger partial charge in [-0.1, -0.05) is 12.8 Å². The largest absolute Gasteiger partial charge is 0.312 e. The quantitative estimate of drug-likeness (QED) is 0.829. The van der Waals surface area contributed by atoms with Gasteiger partial charge in [0.15, 0.2) is 0 Å². The lowest BCUT2D eigenvalue weighted by molar-refractivity contribution is 0.487. The Morgan fingerprint density at radius 3 is 2.31 bits per heavy atom. The highest BCUT2D eigenvalue weighted by atomic mass is 19.1. The Labute approximate surface area is 94.9 Å². The minimum atomic E-state index is -0.502. The van der Waals surface area contributed by atoms with Crippen LogP contribution in [0.25, 0.3) is 0 Å². The molecule has 1 fully saturated rings. The average Bonchev–Trinajstić information content (AvgIpc) is 2.69. The van der Waals surface area contributed by atoms with E-state index in [0.717, 1.165) is 18.5 Å². The van der Waals surface area contributed by atoms with Gasteiger partial charge in [-0.15, -0.1) is 0 Å². The topological polar surface area (TPSA) is 12.0 Å². The lowest BCUT2D eigenvalue weighted by atomic mass is 10.1. The summed E-state index contributed by atoms with van der Waals surface area (Å²) in [5.41, 5.74) is 0.676. The van der Waals surface area contributed by atoms with Crippen molar-refractivity contribution in [3.63, 3.8) is 0 Å². The molecule has 1 nitrogen and oxygen atoms in total. The normalized spacial score (nSPS) is 16.9. The summed E-state index contributed by atoms with van der Waals surface area (Å²) < 4.78 is 25.8. The van der Waals surface area contributed by atoms with Crippen molar-refractivity contribution < 1.29 is 8.78 Å². The molecule has 0 amide bonds. The molecule has 0 atom stereocenters. The Morgan fingerprint density at radius 1 is 1.06 bits per heavy atom. The van der Waals surface area contributed by atoms with Crippen LogP contribution in [-0.4, -0.2) is 6.54 Å². The Kier molecular flexibility index (Phi) is 3.88. The molecule has 1 aliphatic carbocycles. The summed E-state index contributed by atoms with van der Waals surface area (Å²) in [7, 11) is 0. The first-order valence-corrected chi connectivity index (χ1v) is 5.90. The van der Waals surface area contributed by atoms with Crippen LogP contribution in [-0.2, 0) is 6.54 Å². The predicted octanol–water partition coefficient (Wildman–Crippen LogP) is 3.24. The van der Waals surface area contributed by atoms with E-state index in [9.17, 15) is 8.78 Å². The van der Waals surface area contributed by atoms with Crippen LogP contribution in [0.5, 0.6) is 0 Å². The Bertz CT molecular complexity index is 326. The molecule has 1 saturated carbocycles. The molecule has 0 heterocycles. The molecule has 1 N–H and O–H groups in total. The fraction of sp³-hybridized carbons (Fsp3) is 0.538. The first-order valence-electron chi connectivity index (χ1n) is 5.90. The van der Waals surface area contributed by atoms with E-state index in [4.69, 9.17) is 0 Å². The summed E-state index contributed by atoms with van der Waals surface area (Å²) in [6, 6.07) is 3.66. The van der Waals surface area contributed by atoms with E-state index in [1.54, 1.807) is 0 Å². The van der Waals surface area contributed by atoms with Crippen molar-refractivity contribution in [2.24, 2.45) is 5.92 Å². The van der Waals surface area contributed by atoms with E-state index in [1.807, 2.05) is 0 Å². The van der Waals surface area contributed by atoms with Crippen molar-refractivity contribution in [3.8, 4) is 0 Å². The monoisotopic (exact) mass is 225 g/mol.